The molecular formula is C18H13FN6O2S. The van der Waals surface area contributed by atoms with Crippen molar-refractivity contribution in [1.82, 2.24) is 24.3 Å². The number of carbonyl (C=O) groups excluding carboxylic acids is 1. The summed E-state index contributed by atoms with van der Waals surface area (Å²) in [6, 6.07) is 7.15. The van der Waals surface area contributed by atoms with Crippen molar-refractivity contribution in [3.05, 3.63) is 87.4 Å². The first-order chi connectivity index (χ1) is 13.6. The Morgan fingerprint density at radius 3 is 2.89 bits per heavy atom. The number of carbonyl (C=O) groups is 1. The molecule has 0 unspecified atom stereocenters. The molecule has 28 heavy (non-hydrogen) atoms. The zero-order valence-corrected chi connectivity index (χ0v) is 15.1. The summed E-state index contributed by atoms with van der Waals surface area (Å²) in [6.07, 6.45) is 5.95. The van der Waals surface area contributed by atoms with Crippen LogP contribution in [0, 0.1) is 5.82 Å². The van der Waals surface area contributed by atoms with E-state index < -0.39 is 11.7 Å². The van der Waals surface area contributed by atoms with E-state index in [0.29, 0.717) is 22.6 Å². The minimum absolute atomic E-state index is 0.149. The number of hydrogen-bond acceptors (Lipinski definition) is 6. The van der Waals surface area contributed by atoms with Gasteiger partial charge in [-0.05, 0) is 35.9 Å². The van der Waals surface area contributed by atoms with Gasteiger partial charge in [-0.3, -0.25) is 9.59 Å². The topological polar surface area (TPSA) is 94.7 Å². The fourth-order valence-electron chi connectivity index (χ4n) is 2.61. The Bertz CT molecular complexity index is 1180. The lowest BCUT2D eigenvalue weighted by atomic mass is 10.1. The van der Waals surface area contributed by atoms with E-state index >= 15 is 0 Å². The van der Waals surface area contributed by atoms with E-state index in [1.165, 1.54) is 46.3 Å². The number of halogens is 1. The summed E-state index contributed by atoms with van der Waals surface area (Å²) in [6.45, 7) is 0.149. The summed E-state index contributed by atoms with van der Waals surface area (Å²) in [4.78, 5) is 32.3. The predicted octanol–water partition coefficient (Wildman–Crippen LogP) is 2.33. The molecule has 0 atom stereocenters. The molecule has 4 rings (SSSR count). The van der Waals surface area contributed by atoms with Crippen LogP contribution < -0.4 is 10.2 Å². The van der Waals surface area contributed by atoms with Gasteiger partial charge in [0.25, 0.3) is 5.91 Å². The van der Waals surface area contributed by atoms with Crippen LogP contribution in [0.4, 0.5) is 10.1 Å². The molecular weight excluding hydrogens is 383 g/mol. The van der Waals surface area contributed by atoms with Gasteiger partial charge in [0.2, 0.25) is 0 Å². The molecule has 1 amide bonds. The summed E-state index contributed by atoms with van der Waals surface area (Å²) in [5, 5.41) is 8.41. The molecule has 0 spiro atoms. The third-order valence-corrected chi connectivity index (χ3v) is 4.66. The van der Waals surface area contributed by atoms with Gasteiger partial charge in [0.15, 0.2) is 5.82 Å². The van der Waals surface area contributed by atoms with E-state index in [2.05, 4.69) is 20.4 Å². The number of nitrogens with zero attached hydrogens (tertiary/aromatic N) is 5. The first kappa shape index (κ1) is 17.7. The van der Waals surface area contributed by atoms with Gasteiger partial charge in [-0.25, -0.2) is 19.0 Å². The normalized spacial score (nSPS) is 10.8. The number of hydrogen-bond donors (Lipinski definition) is 1. The molecule has 10 heteroatoms. The Morgan fingerprint density at radius 2 is 2.14 bits per heavy atom. The Morgan fingerprint density at radius 1 is 1.25 bits per heavy atom. The lowest BCUT2D eigenvalue weighted by Gasteiger charge is -2.12. The van der Waals surface area contributed by atoms with Gasteiger partial charge in [-0.1, -0.05) is 11.3 Å². The number of aromatic nitrogens is 5. The van der Waals surface area contributed by atoms with E-state index in [1.54, 1.807) is 23.7 Å². The van der Waals surface area contributed by atoms with E-state index in [1.807, 2.05) is 0 Å². The van der Waals surface area contributed by atoms with Crippen molar-refractivity contribution in [1.29, 1.82) is 0 Å². The van der Waals surface area contributed by atoms with Crippen molar-refractivity contribution in [2.24, 2.45) is 0 Å². The molecule has 4 aromatic rings. The molecule has 3 heterocycles. The molecule has 0 aliphatic carbocycles. The summed E-state index contributed by atoms with van der Waals surface area (Å²) in [5.74, 6) is -0.405. The van der Waals surface area contributed by atoms with Crippen LogP contribution in [-0.2, 0) is 6.54 Å². The van der Waals surface area contributed by atoms with Crippen molar-refractivity contribution in [3.63, 3.8) is 0 Å². The second-order valence-electron chi connectivity index (χ2n) is 5.80. The molecule has 0 bridgehead atoms. The summed E-state index contributed by atoms with van der Waals surface area (Å²) >= 11 is 1.05. The molecule has 0 saturated carbocycles. The zero-order chi connectivity index (χ0) is 19.5. The second kappa shape index (κ2) is 7.53. The van der Waals surface area contributed by atoms with Crippen LogP contribution in [-0.4, -0.2) is 30.2 Å². The molecule has 0 saturated heterocycles. The Kier molecular flexibility index (Phi) is 4.77. The molecule has 140 valence electrons. The van der Waals surface area contributed by atoms with Crippen molar-refractivity contribution < 1.29 is 9.18 Å². The van der Waals surface area contributed by atoms with E-state index in [4.69, 9.17) is 0 Å². The Hall–Kier alpha value is -3.66. The average molecular weight is 396 g/mol. The third-order valence-electron chi connectivity index (χ3n) is 3.96. The first-order valence-electron chi connectivity index (χ1n) is 8.15. The molecule has 1 N–H and O–H groups in total. The van der Waals surface area contributed by atoms with Crippen LogP contribution in [0.1, 0.15) is 15.9 Å². The quantitative estimate of drug-likeness (QED) is 0.559. The molecule has 1 aromatic carbocycles. The van der Waals surface area contributed by atoms with Crippen molar-refractivity contribution in [2.75, 3.05) is 5.32 Å². The van der Waals surface area contributed by atoms with Crippen LogP contribution in [0.5, 0.6) is 0 Å². The van der Waals surface area contributed by atoms with Crippen LogP contribution in [0.15, 0.2) is 65.6 Å². The van der Waals surface area contributed by atoms with E-state index in [0.717, 1.165) is 11.3 Å². The summed E-state index contributed by atoms with van der Waals surface area (Å²) in [7, 11) is 0. The van der Waals surface area contributed by atoms with Gasteiger partial charge >= 0.3 is 4.87 Å². The zero-order valence-electron chi connectivity index (χ0n) is 14.3. The number of rotatable bonds is 5. The maximum atomic E-state index is 13.7. The lowest BCUT2D eigenvalue weighted by molar-refractivity contribution is 0.102. The molecule has 0 fully saturated rings. The van der Waals surface area contributed by atoms with E-state index in [9.17, 15) is 14.0 Å². The number of thiazole rings is 1. The highest BCUT2D eigenvalue weighted by Crippen LogP contribution is 2.19. The Balaban J connectivity index is 1.61. The van der Waals surface area contributed by atoms with Gasteiger partial charge in [0.05, 0.1) is 6.54 Å². The number of anilines is 1. The molecule has 0 radical (unpaired) electrons. The fraction of sp³-hybridized carbons (Fsp3) is 0.0556. The lowest BCUT2D eigenvalue weighted by Crippen LogP contribution is -2.17. The average Bonchev–Trinajstić information content (AvgIpc) is 3.36. The van der Waals surface area contributed by atoms with Gasteiger partial charge in [-0.2, -0.15) is 5.10 Å². The number of nitrogens with one attached hydrogen (secondary N) is 1. The molecule has 0 aliphatic heterocycles. The highest BCUT2D eigenvalue weighted by Gasteiger charge is 2.13. The van der Waals surface area contributed by atoms with Crippen LogP contribution in [0.25, 0.3) is 5.82 Å². The van der Waals surface area contributed by atoms with Gasteiger partial charge in [-0.15, -0.1) is 0 Å². The van der Waals surface area contributed by atoms with Gasteiger partial charge in [0, 0.05) is 29.0 Å². The minimum atomic E-state index is -0.450. The summed E-state index contributed by atoms with van der Waals surface area (Å²) < 4.78 is 16.6. The van der Waals surface area contributed by atoms with Crippen LogP contribution in [0.3, 0.4) is 0 Å². The smallest absolute Gasteiger partial charge is 0.307 e. The van der Waals surface area contributed by atoms with Crippen molar-refractivity contribution >= 4 is 22.9 Å². The predicted molar refractivity (Wildman–Crippen MR) is 101 cm³/mol. The van der Waals surface area contributed by atoms with Crippen molar-refractivity contribution in [2.45, 2.75) is 6.54 Å². The van der Waals surface area contributed by atoms with Gasteiger partial charge < -0.3 is 9.88 Å². The summed E-state index contributed by atoms with van der Waals surface area (Å²) in [5.41, 5.74) is 1.26. The standard InChI is InChI=1S/C18H13FN6O2S/c19-14-1-2-15(13(7-14)9-24-5-6-28-18(24)27)23-17(26)12-3-4-21-16(8-12)25-11-20-10-22-25/h1-8,10-11H,9H2,(H,23,26). The molecule has 8 nitrogen and oxygen atoms in total. The molecule has 3 aromatic heterocycles. The highest BCUT2D eigenvalue weighted by molar-refractivity contribution is 7.07. The first-order valence-corrected chi connectivity index (χ1v) is 9.03. The number of amides is 1. The Labute approximate surface area is 161 Å². The SMILES string of the molecule is O=C(Nc1ccc(F)cc1Cn1ccsc1=O)c1ccnc(-n2cncn2)c1. The van der Waals surface area contributed by atoms with Crippen LogP contribution >= 0.6 is 11.3 Å². The second-order valence-corrected chi connectivity index (χ2v) is 6.65. The largest absolute Gasteiger partial charge is 0.322 e. The maximum Gasteiger partial charge on any atom is 0.307 e. The maximum absolute atomic E-state index is 13.7. The fourth-order valence-corrected chi connectivity index (χ4v) is 3.20. The van der Waals surface area contributed by atoms with Crippen molar-refractivity contribution in [3.8, 4) is 5.82 Å². The minimum Gasteiger partial charge on any atom is -0.322 e. The molecule has 0 aliphatic rings. The monoisotopic (exact) mass is 396 g/mol. The van der Waals surface area contributed by atoms with Gasteiger partial charge in [0.1, 0.15) is 18.5 Å². The third kappa shape index (κ3) is 3.71. The number of pyridine rings is 1. The highest BCUT2D eigenvalue weighted by atomic mass is 32.1. The van der Waals surface area contributed by atoms with E-state index in [-0.39, 0.29) is 11.4 Å². The number of benzene rings is 1. The van der Waals surface area contributed by atoms with Crippen LogP contribution in [0.2, 0.25) is 0 Å².